The lowest BCUT2D eigenvalue weighted by Gasteiger charge is -2.35. The van der Waals surface area contributed by atoms with Gasteiger partial charge in [0.2, 0.25) is 0 Å². The highest BCUT2D eigenvalue weighted by Gasteiger charge is 2.31. The summed E-state index contributed by atoms with van der Waals surface area (Å²) in [5.74, 6) is 3.77. The minimum absolute atomic E-state index is 0. The molecule has 0 N–H and O–H groups in total. The molecule has 3 aliphatic carbocycles. The highest BCUT2D eigenvalue weighted by molar-refractivity contribution is 5.83. The van der Waals surface area contributed by atoms with Crippen LogP contribution in [0.1, 0.15) is 80.1 Å². The largest absolute Gasteiger partial charge is 0.299 e. The van der Waals surface area contributed by atoms with Gasteiger partial charge in [-0.2, -0.15) is 0 Å². The van der Waals surface area contributed by atoms with Crippen LogP contribution in [0.2, 0.25) is 0 Å². The van der Waals surface area contributed by atoms with E-state index in [4.69, 9.17) is 4.99 Å². The van der Waals surface area contributed by atoms with Crippen molar-refractivity contribution < 1.29 is 7.65 Å². The average molecular weight is 422 g/mol. The number of carbonyl (C=O) groups excluding carboxylic acids is 1. The molecule has 5 atom stereocenters. The third kappa shape index (κ3) is 5.64. The van der Waals surface area contributed by atoms with Crippen LogP contribution in [-0.4, -0.2) is 12.0 Å². The van der Waals surface area contributed by atoms with Gasteiger partial charge in [-0.3, -0.25) is 9.79 Å². The SMILES string of the molecule is CC1C=NC(C2CCC[C@@H](C)C2)=C2C=CCCC21.O=C1CCC[C@H]1Cc1ccccc1.[HH].[HH]. The summed E-state index contributed by atoms with van der Waals surface area (Å²) in [6, 6.07) is 10.3. The van der Waals surface area contributed by atoms with E-state index in [-0.39, 0.29) is 2.85 Å². The van der Waals surface area contributed by atoms with Crippen molar-refractivity contribution in [2.24, 2.45) is 34.6 Å². The number of benzene rings is 1. The van der Waals surface area contributed by atoms with Crippen LogP contribution in [0.15, 0.2) is 58.7 Å². The fourth-order valence-corrected chi connectivity index (χ4v) is 5.99. The Morgan fingerprint density at radius 2 is 1.87 bits per heavy atom. The molecule has 170 valence electrons. The van der Waals surface area contributed by atoms with Crippen LogP contribution in [0, 0.1) is 29.6 Å². The lowest BCUT2D eigenvalue weighted by atomic mass is 9.73. The van der Waals surface area contributed by atoms with E-state index in [2.05, 4.69) is 44.3 Å². The molecule has 0 amide bonds. The molecule has 5 rings (SSSR count). The first-order valence-corrected chi connectivity index (χ1v) is 12.6. The summed E-state index contributed by atoms with van der Waals surface area (Å²) in [5, 5.41) is 0. The summed E-state index contributed by atoms with van der Waals surface area (Å²) in [4.78, 5) is 16.2. The molecule has 1 heterocycles. The molecule has 31 heavy (non-hydrogen) atoms. The van der Waals surface area contributed by atoms with Crippen molar-refractivity contribution >= 4 is 12.0 Å². The van der Waals surface area contributed by atoms with Crippen molar-refractivity contribution in [1.29, 1.82) is 0 Å². The average Bonchev–Trinajstić information content (AvgIpc) is 3.20. The van der Waals surface area contributed by atoms with Crippen LogP contribution < -0.4 is 0 Å². The van der Waals surface area contributed by atoms with Gasteiger partial charge in [-0.1, -0.05) is 69.2 Å². The van der Waals surface area contributed by atoms with Gasteiger partial charge in [0.1, 0.15) is 5.78 Å². The molecule has 2 nitrogen and oxygen atoms in total. The molecule has 3 unspecified atom stereocenters. The molecule has 2 heteroatoms. The first kappa shape index (κ1) is 22.2. The maximum Gasteiger partial charge on any atom is 0.136 e. The van der Waals surface area contributed by atoms with Crippen LogP contribution in [-0.2, 0) is 11.2 Å². The van der Waals surface area contributed by atoms with E-state index < -0.39 is 0 Å². The van der Waals surface area contributed by atoms with E-state index in [0.29, 0.717) is 17.6 Å². The second kappa shape index (κ2) is 10.6. The molecular formula is C29H43NO. The number of carbonyl (C=O) groups is 1. The summed E-state index contributed by atoms with van der Waals surface area (Å²) in [6.45, 7) is 4.73. The monoisotopic (exact) mass is 421 g/mol. The molecule has 0 bridgehead atoms. The molecule has 0 radical (unpaired) electrons. The number of fused-ring (bicyclic) bond motifs is 1. The molecule has 0 aromatic heterocycles. The smallest absolute Gasteiger partial charge is 0.136 e. The van der Waals surface area contributed by atoms with Gasteiger partial charge in [-0.15, -0.1) is 0 Å². The number of aliphatic imine (C=N–C) groups is 1. The van der Waals surface area contributed by atoms with Gasteiger partial charge in [0.15, 0.2) is 0 Å². The Morgan fingerprint density at radius 1 is 1.03 bits per heavy atom. The van der Waals surface area contributed by atoms with Gasteiger partial charge in [0.25, 0.3) is 0 Å². The van der Waals surface area contributed by atoms with Crippen molar-refractivity contribution in [1.82, 2.24) is 0 Å². The third-order valence-corrected chi connectivity index (χ3v) is 7.80. The zero-order valence-corrected chi connectivity index (χ0v) is 19.4. The number of Topliss-reactive ketones (excluding diaryl/α,β-unsaturated/α-hetero) is 1. The molecular weight excluding hydrogens is 378 g/mol. The van der Waals surface area contributed by atoms with E-state index in [1.54, 1.807) is 5.57 Å². The van der Waals surface area contributed by atoms with E-state index in [9.17, 15) is 4.79 Å². The van der Waals surface area contributed by atoms with E-state index in [1.807, 2.05) is 18.2 Å². The molecule has 1 aromatic rings. The maximum atomic E-state index is 11.4. The Balaban J connectivity index is 0.000000230. The number of rotatable bonds is 3. The highest BCUT2D eigenvalue weighted by atomic mass is 16.1. The van der Waals surface area contributed by atoms with Crippen molar-refractivity contribution in [3.8, 4) is 0 Å². The number of ketones is 1. The predicted octanol–water partition coefficient (Wildman–Crippen LogP) is 7.84. The Kier molecular flexibility index (Phi) is 7.58. The van der Waals surface area contributed by atoms with Crippen molar-refractivity contribution in [3.63, 3.8) is 0 Å². The molecule has 2 fully saturated rings. The van der Waals surface area contributed by atoms with Crippen LogP contribution in [0.25, 0.3) is 0 Å². The fraction of sp³-hybridized carbons (Fsp3) is 0.586. The fourth-order valence-electron chi connectivity index (χ4n) is 5.99. The molecule has 0 saturated heterocycles. The summed E-state index contributed by atoms with van der Waals surface area (Å²) in [6.07, 6.45) is 19.0. The molecule has 2 saturated carbocycles. The molecule has 1 aliphatic heterocycles. The van der Waals surface area contributed by atoms with Gasteiger partial charge in [-0.25, -0.2) is 0 Å². The Hall–Kier alpha value is -1.96. The summed E-state index contributed by atoms with van der Waals surface area (Å²) in [5.41, 5.74) is 4.32. The zero-order valence-electron chi connectivity index (χ0n) is 19.4. The Bertz CT molecular complexity index is 844. The zero-order chi connectivity index (χ0) is 21.6. The maximum absolute atomic E-state index is 11.4. The van der Waals surface area contributed by atoms with E-state index >= 15 is 0 Å². The number of nitrogens with zero attached hydrogens (tertiary/aromatic N) is 1. The standard InChI is InChI=1S/C17H25N.C12H14O.2H2/c1-12-6-5-7-14(10-12)17-16-9-4-3-8-15(16)13(2)11-18-17;13-12-8-4-7-11(12)9-10-5-2-1-3-6-10;;/h4,9,11-15H,3,5-8,10H2,1-2H3;1-3,5-6,11H,4,7-9H2;2*1H/t12-,13?,14?,15?;11-;;/m10../s1. The highest BCUT2D eigenvalue weighted by Crippen LogP contribution is 2.42. The van der Waals surface area contributed by atoms with Gasteiger partial charge in [-0.05, 0) is 73.8 Å². The normalized spacial score (nSPS) is 32.5. The summed E-state index contributed by atoms with van der Waals surface area (Å²) < 4.78 is 0. The van der Waals surface area contributed by atoms with Crippen molar-refractivity contribution in [3.05, 3.63) is 59.3 Å². The van der Waals surface area contributed by atoms with E-state index in [0.717, 1.165) is 43.4 Å². The minimum Gasteiger partial charge on any atom is -0.299 e. The quantitative estimate of drug-likeness (QED) is 0.488. The second-order valence-electron chi connectivity index (χ2n) is 10.3. The van der Waals surface area contributed by atoms with Gasteiger partial charge >= 0.3 is 0 Å². The Labute approximate surface area is 191 Å². The van der Waals surface area contributed by atoms with Crippen LogP contribution in [0.5, 0.6) is 0 Å². The van der Waals surface area contributed by atoms with Crippen LogP contribution in [0.4, 0.5) is 0 Å². The molecule has 1 aromatic carbocycles. The lowest BCUT2D eigenvalue weighted by molar-refractivity contribution is -0.120. The molecule has 4 aliphatic rings. The summed E-state index contributed by atoms with van der Waals surface area (Å²) in [7, 11) is 0. The summed E-state index contributed by atoms with van der Waals surface area (Å²) >= 11 is 0. The number of hydrogen-bond donors (Lipinski definition) is 0. The Morgan fingerprint density at radius 3 is 2.61 bits per heavy atom. The minimum atomic E-state index is 0. The molecule has 0 spiro atoms. The third-order valence-electron chi connectivity index (χ3n) is 7.80. The van der Waals surface area contributed by atoms with Crippen LogP contribution in [0.3, 0.4) is 0 Å². The van der Waals surface area contributed by atoms with Gasteiger partial charge < -0.3 is 0 Å². The van der Waals surface area contributed by atoms with Crippen LogP contribution >= 0.6 is 0 Å². The topological polar surface area (TPSA) is 29.4 Å². The van der Waals surface area contributed by atoms with Gasteiger partial charge in [0, 0.05) is 33.0 Å². The first-order chi connectivity index (χ1) is 15.1. The number of hydrogen-bond acceptors (Lipinski definition) is 2. The lowest BCUT2D eigenvalue weighted by Crippen LogP contribution is -2.25. The van der Waals surface area contributed by atoms with E-state index in [1.165, 1.54) is 49.8 Å². The van der Waals surface area contributed by atoms with Crippen molar-refractivity contribution in [2.75, 3.05) is 0 Å². The van der Waals surface area contributed by atoms with Crippen molar-refractivity contribution in [2.45, 2.75) is 78.1 Å². The van der Waals surface area contributed by atoms with Gasteiger partial charge in [0.05, 0.1) is 0 Å². The number of allylic oxidation sites excluding steroid dienone is 4. The first-order valence-electron chi connectivity index (χ1n) is 12.6. The predicted molar refractivity (Wildman–Crippen MR) is 134 cm³/mol. The second-order valence-corrected chi connectivity index (χ2v) is 10.3.